The van der Waals surface area contributed by atoms with Crippen LogP contribution in [-0.4, -0.2) is 82.5 Å². The number of aromatic nitrogens is 4. The van der Waals surface area contributed by atoms with E-state index in [0.29, 0.717) is 41.8 Å². The summed E-state index contributed by atoms with van der Waals surface area (Å²) in [4.78, 5) is 25.4. The maximum atomic E-state index is 10.5. The molecule has 6 rings (SSSR count). The van der Waals surface area contributed by atoms with E-state index in [2.05, 4.69) is 68.8 Å². The number of nitrogens with zero attached hydrogens (tertiary/aromatic N) is 7. The largest absolute Gasteiger partial charge is 0.494 e. The number of hydrogen-bond acceptors (Lipinski definition) is 11. The van der Waals surface area contributed by atoms with Gasteiger partial charge in [-0.1, -0.05) is 20.4 Å². The lowest BCUT2D eigenvalue weighted by Gasteiger charge is -2.30. The summed E-state index contributed by atoms with van der Waals surface area (Å²) in [6.45, 7) is 13.9. The summed E-state index contributed by atoms with van der Waals surface area (Å²) in [6, 6.07) is 8.48. The van der Waals surface area contributed by atoms with Crippen LogP contribution < -0.4 is 25.2 Å². The van der Waals surface area contributed by atoms with Gasteiger partial charge in [0.1, 0.15) is 18.3 Å². The highest BCUT2D eigenvalue weighted by Gasteiger charge is 2.41. The maximum Gasteiger partial charge on any atom is 0.234 e. The second kappa shape index (κ2) is 10.5. The highest BCUT2D eigenvalue weighted by Crippen LogP contribution is 2.44. The first kappa shape index (κ1) is 27.2. The number of nitrogens with one attached hydrogen (secondary N) is 2. The minimum absolute atomic E-state index is 0.143. The molecule has 11 heteroatoms. The van der Waals surface area contributed by atoms with Crippen LogP contribution in [0.15, 0.2) is 43.2 Å². The summed E-state index contributed by atoms with van der Waals surface area (Å²) in [5, 5.41) is 17.0. The molecule has 2 saturated heterocycles. The lowest BCUT2D eigenvalue weighted by molar-refractivity contribution is 0.253. The Kier molecular flexibility index (Phi) is 6.95. The molecule has 0 saturated carbocycles. The number of ether oxygens (including phenoxy) is 1. The molecule has 0 aliphatic carbocycles. The number of likely N-dealkylation sites (N-methyl/N-ethyl adjacent to an activating group) is 1. The summed E-state index contributed by atoms with van der Waals surface area (Å²) in [5.41, 5.74) is 5.34. The average Bonchev–Trinajstić information content (AvgIpc) is 3.59. The molecule has 1 unspecified atom stereocenters. The van der Waals surface area contributed by atoms with Crippen molar-refractivity contribution in [2.75, 3.05) is 60.8 Å². The highest BCUT2D eigenvalue weighted by atomic mass is 16.5. The molecule has 0 radical (unpaired) electrons. The SMILES string of the molecule is C=CC(O)Nc1cc(Nc2ncnc(N3CC(C)(C)c4nc(C)ccc43)n2)c(OC)cc1N1CC[C@@H]2CN(C)C[C@@H]21. The summed E-state index contributed by atoms with van der Waals surface area (Å²) in [6.07, 6.45) is 3.22. The van der Waals surface area contributed by atoms with Gasteiger partial charge in [-0.25, -0.2) is 9.97 Å². The van der Waals surface area contributed by atoms with Crippen molar-refractivity contribution < 1.29 is 9.84 Å². The molecule has 41 heavy (non-hydrogen) atoms. The normalized spacial score (nSPS) is 21.9. The summed E-state index contributed by atoms with van der Waals surface area (Å²) < 4.78 is 5.85. The minimum Gasteiger partial charge on any atom is -0.494 e. The monoisotopic (exact) mass is 557 g/mol. The van der Waals surface area contributed by atoms with Crippen molar-refractivity contribution in [1.29, 1.82) is 0 Å². The van der Waals surface area contributed by atoms with Crippen molar-refractivity contribution in [1.82, 2.24) is 24.8 Å². The summed E-state index contributed by atoms with van der Waals surface area (Å²) in [5.74, 6) is 2.22. The van der Waals surface area contributed by atoms with Crippen LogP contribution in [0.5, 0.6) is 5.75 Å². The molecule has 2 aromatic heterocycles. The van der Waals surface area contributed by atoms with E-state index in [4.69, 9.17) is 14.7 Å². The number of aliphatic hydroxyl groups is 1. The Morgan fingerprint density at radius 2 is 1.98 bits per heavy atom. The third kappa shape index (κ3) is 5.04. The average molecular weight is 558 g/mol. The minimum atomic E-state index is -0.903. The van der Waals surface area contributed by atoms with Crippen molar-refractivity contribution in [3.05, 3.63) is 54.6 Å². The van der Waals surface area contributed by atoms with Crippen LogP contribution in [0.2, 0.25) is 0 Å². The van der Waals surface area contributed by atoms with Gasteiger partial charge in [-0.05, 0) is 50.6 Å². The summed E-state index contributed by atoms with van der Waals surface area (Å²) in [7, 11) is 3.83. The Balaban J connectivity index is 1.33. The van der Waals surface area contributed by atoms with Crippen LogP contribution in [-0.2, 0) is 5.41 Å². The smallest absolute Gasteiger partial charge is 0.234 e. The fraction of sp³-hybridized carbons (Fsp3) is 0.467. The zero-order valence-electron chi connectivity index (χ0n) is 24.4. The van der Waals surface area contributed by atoms with Gasteiger partial charge in [-0.3, -0.25) is 4.98 Å². The van der Waals surface area contributed by atoms with Crippen molar-refractivity contribution >= 4 is 34.6 Å². The second-order valence-corrected chi connectivity index (χ2v) is 11.9. The Bertz CT molecular complexity index is 1460. The molecule has 0 spiro atoms. The first-order valence-corrected chi connectivity index (χ1v) is 14.1. The van der Waals surface area contributed by atoms with Crippen LogP contribution in [0.4, 0.5) is 34.6 Å². The van der Waals surface area contributed by atoms with Crippen LogP contribution in [0.3, 0.4) is 0 Å². The molecule has 0 bridgehead atoms. The van der Waals surface area contributed by atoms with E-state index < -0.39 is 6.23 Å². The number of pyridine rings is 1. The van der Waals surface area contributed by atoms with Crippen LogP contribution >= 0.6 is 0 Å². The van der Waals surface area contributed by atoms with E-state index in [1.807, 2.05) is 25.1 Å². The molecule has 11 nitrogen and oxygen atoms in total. The molecule has 5 heterocycles. The van der Waals surface area contributed by atoms with Gasteiger partial charge >= 0.3 is 0 Å². The molecule has 3 atom stereocenters. The fourth-order valence-corrected chi connectivity index (χ4v) is 6.48. The van der Waals surface area contributed by atoms with Crippen LogP contribution in [0.1, 0.15) is 31.7 Å². The van der Waals surface area contributed by atoms with Gasteiger partial charge in [-0.2, -0.15) is 4.98 Å². The molecule has 1 aromatic carbocycles. The van der Waals surface area contributed by atoms with Gasteiger partial charge in [0.15, 0.2) is 0 Å². The number of aryl methyl sites for hydroxylation is 1. The predicted octanol–water partition coefficient (Wildman–Crippen LogP) is 3.81. The number of aliphatic hydroxyl groups excluding tert-OH is 1. The van der Waals surface area contributed by atoms with E-state index in [1.165, 1.54) is 12.4 Å². The van der Waals surface area contributed by atoms with Crippen molar-refractivity contribution in [3.8, 4) is 5.75 Å². The van der Waals surface area contributed by atoms with Gasteiger partial charge < -0.3 is 35.2 Å². The lowest BCUT2D eigenvalue weighted by Crippen LogP contribution is -2.35. The van der Waals surface area contributed by atoms with Crippen molar-refractivity contribution in [2.45, 2.75) is 44.9 Å². The number of methoxy groups -OCH3 is 1. The standard InChI is InChI=1S/C30H39N9O2/c1-7-26(40)34-20-12-21(25(41-6)13-23(20)38-11-10-19-14-37(5)15-24(19)38)35-28-31-17-32-29(36-28)39-16-30(3,4)27-22(39)9-8-18(2)33-27/h7-9,12-13,17,19,24,26,34,40H,1,10-11,14-16H2,2-6H3,(H,31,32,35,36)/t19-,24+,26?/m1/s1. The predicted molar refractivity (Wildman–Crippen MR) is 162 cm³/mol. The molecule has 3 aromatic rings. The highest BCUT2D eigenvalue weighted by molar-refractivity contribution is 5.81. The Morgan fingerprint density at radius 3 is 2.76 bits per heavy atom. The first-order chi connectivity index (χ1) is 19.7. The van der Waals surface area contributed by atoms with E-state index in [0.717, 1.165) is 54.5 Å². The molecule has 3 N–H and O–H groups in total. The maximum absolute atomic E-state index is 10.5. The molecular formula is C30H39N9O2. The van der Waals surface area contributed by atoms with Crippen molar-refractivity contribution in [3.63, 3.8) is 0 Å². The van der Waals surface area contributed by atoms with E-state index >= 15 is 0 Å². The van der Waals surface area contributed by atoms with E-state index in [1.54, 1.807) is 7.11 Å². The molecular weight excluding hydrogens is 518 g/mol. The Morgan fingerprint density at radius 1 is 1.15 bits per heavy atom. The lowest BCUT2D eigenvalue weighted by atomic mass is 9.91. The van der Waals surface area contributed by atoms with Gasteiger partial charge in [0.2, 0.25) is 11.9 Å². The molecule has 2 fully saturated rings. The Hall–Kier alpha value is -3.96. The van der Waals surface area contributed by atoms with Crippen LogP contribution in [0, 0.1) is 12.8 Å². The Labute approximate surface area is 241 Å². The first-order valence-electron chi connectivity index (χ1n) is 14.1. The summed E-state index contributed by atoms with van der Waals surface area (Å²) >= 11 is 0. The molecule has 3 aliphatic heterocycles. The van der Waals surface area contributed by atoms with Gasteiger partial charge in [-0.15, -0.1) is 0 Å². The topological polar surface area (TPSA) is 115 Å². The number of anilines is 6. The zero-order valence-corrected chi connectivity index (χ0v) is 24.4. The number of benzene rings is 1. The molecule has 3 aliphatic rings. The third-order valence-electron chi connectivity index (χ3n) is 8.43. The van der Waals surface area contributed by atoms with Crippen LogP contribution in [0.25, 0.3) is 0 Å². The van der Waals surface area contributed by atoms with Gasteiger partial charge in [0.25, 0.3) is 0 Å². The molecule has 0 amide bonds. The van der Waals surface area contributed by atoms with Crippen molar-refractivity contribution in [2.24, 2.45) is 5.92 Å². The second-order valence-electron chi connectivity index (χ2n) is 11.9. The zero-order chi connectivity index (χ0) is 28.9. The third-order valence-corrected chi connectivity index (χ3v) is 8.43. The van der Waals surface area contributed by atoms with E-state index in [-0.39, 0.29) is 5.41 Å². The number of hydrogen-bond donors (Lipinski definition) is 3. The van der Waals surface area contributed by atoms with Gasteiger partial charge in [0, 0.05) is 49.4 Å². The quantitative estimate of drug-likeness (QED) is 0.277. The van der Waals surface area contributed by atoms with E-state index in [9.17, 15) is 5.11 Å². The van der Waals surface area contributed by atoms with Gasteiger partial charge in [0.05, 0.1) is 35.6 Å². The fourth-order valence-electron chi connectivity index (χ4n) is 6.48. The number of likely N-dealkylation sites (tertiary alicyclic amines) is 1. The number of rotatable bonds is 8. The molecule has 216 valence electrons. The number of fused-ring (bicyclic) bond motifs is 2.